The molecule has 0 amide bonds. The molecule has 0 unspecified atom stereocenters. The van der Waals surface area contributed by atoms with Crippen LogP contribution in [0.15, 0.2) is 4.79 Å². The van der Waals surface area contributed by atoms with Crippen molar-refractivity contribution < 1.29 is 0 Å². The normalized spacial score (nSPS) is 10.7. The molecule has 0 aliphatic carbocycles. The van der Waals surface area contributed by atoms with Gasteiger partial charge in [-0.2, -0.15) is 11.8 Å². The third kappa shape index (κ3) is 4.25. The number of H-pyrrole nitrogens is 2. The molecule has 2 N–H and O–H groups in total. The Morgan fingerprint density at radius 2 is 2.00 bits per heavy atom. The number of nitrogens with zero attached hydrogens (tertiary/aromatic N) is 1. The summed E-state index contributed by atoms with van der Waals surface area (Å²) in [7, 11) is 0. The maximum absolute atomic E-state index is 11.2. The molecule has 0 aliphatic heterocycles. The van der Waals surface area contributed by atoms with Crippen molar-refractivity contribution in [1.82, 2.24) is 14.8 Å². The van der Waals surface area contributed by atoms with E-state index in [0.29, 0.717) is 4.77 Å². The third-order valence-corrected chi connectivity index (χ3v) is 3.27. The molecule has 0 bridgehead atoms. The average molecular weight is 247 g/mol. The van der Waals surface area contributed by atoms with Gasteiger partial charge in [-0.15, -0.1) is 0 Å². The van der Waals surface area contributed by atoms with Crippen LogP contribution in [0.4, 0.5) is 0 Å². The molecule has 1 aromatic heterocycles. The van der Waals surface area contributed by atoms with Gasteiger partial charge in [0.2, 0.25) is 0 Å². The molecule has 0 saturated carbocycles. The highest BCUT2D eigenvalue weighted by atomic mass is 32.2. The lowest BCUT2D eigenvalue weighted by atomic mass is 10.2. The molecule has 4 nitrogen and oxygen atoms in total. The molecule has 6 heteroatoms. The molecule has 0 atom stereocenters. The maximum atomic E-state index is 11.2. The Balaban J connectivity index is 2.21. The van der Waals surface area contributed by atoms with E-state index in [2.05, 4.69) is 16.5 Å². The molecular weight excluding hydrogens is 230 g/mol. The Kier molecular flexibility index (Phi) is 5.78. The molecule has 86 valence electrons. The topological polar surface area (TPSA) is 53.6 Å². The van der Waals surface area contributed by atoms with Gasteiger partial charge in [0, 0.05) is 6.54 Å². The van der Waals surface area contributed by atoms with Crippen molar-refractivity contribution in [3.8, 4) is 0 Å². The van der Waals surface area contributed by atoms with Crippen LogP contribution in [-0.2, 0) is 6.54 Å². The van der Waals surface area contributed by atoms with Crippen LogP contribution in [0.2, 0.25) is 0 Å². The van der Waals surface area contributed by atoms with Crippen molar-refractivity contribution in [2.75, 3.05) is 12.0 Å². The highest BCUT2D eigenvalue weighted by Crippen LogP contribution is 2.05. The van der Waals surface area contributed by atoms with Gasteiger partial charge in [-0.3, -0.25) is 9.67 Å². The first-order chi connectivity index (χ1) is 7.25. The second-order valence-electron chi connectivity index (χ2n) is 3.42. The van der Waals surface area contributed by atoms with Crippen LogP contribution in [0, 0.1) is 4.77 Å². The van der Waals surface area contributed by atoms with Crippen molar-refractivity contribution >= 4 is 24.0 Å². The number of aromatic nitrogens is 3. The average Bonchev–Trinajstić information content (AvgIpc) is 2.54. The van der Waals surface area contributed by atoms with E-state index in [0.717, 1.165) is 19.4 Å². The first-order valence-electron chi connectivity index (χ1n) is 5.12. The Bertz CT molecular complexity index is 352. The number of aromatic amines is 2. The molecule has 0 saturated heterocycles. The molecule has 1 heterocycles. The van der Waals surface area contributed by atoms with E-state index in [-0.39, 0.29) is 5.69 Å². The van der Waals surface area contributed by atoms with Gasteiger partial charge in [0.1, 0.15) is 0 Å². The Hall–Kier alpha value is -0.490. The SMILES string of the molecule is CSCCCCCCn1c(=O)[nH][nH]c1=S. The largest absolute Gasteiger partial charge is 0.342 e. The molecular formula is C9H17N3OS2. The molecule has 0 radical (unpaired) electrons. The van der Waals surface area contributed by atoms with Crippen molar-refractivity contribution in [3.05, 3.63) is 15.3 Å². The van der Waals surface area contributed by atoms with Crippen LogP contribution in [0.3, 0.4) is 0 Å². The van der Waals surface area contributed by atoms with Crippen molar-refractivity contribution in [1.29, 1.82) is 0 Å². The smallest absolute Gasteiger partial charge is 0.272 e. The standard InChI is InChI=1S/C9H17N3OS2/c1-15-7-5-3-2-4-6-12-8(13)10-11-9(12)14/h2-7H2,1H3,(H,10,13)(H,11,14). The number of thioether (sulfide) groups is 1. The second kappa shape index (κ2) is 6.90. The molecule has 0 aromatic carbocycles. The third-order valence-electron chi connectivity index (χ3n) is 2.25. The van der Waals surface area contributed by atoms with Crippen molar-refractivity contribution in [2.24, 2.45) is 0 Å². The van der Waals surface area contributed by atoms with E-state index in [1.165, 1.54) is 18.6 Å². The van der Waals surface area contributed by atoms with Gasteiger partial charge >= 0.3 is 5.69 Å². The zero-order valence-electron chi connectivity index (χ0n) is 8.91. The summed E-state index contributed by atoms with van der Waals surface area (Å²) in [5.41, 5.74) is -0.135. The first kappa shape index (κ1) is 12.6. The number of hydrogen-bond donors (Lipinski definition) is 2. The Morgan fingerprint density at radius 3 is 2.60 bits per heavy atom. The van der Waals surface area contributed by atoms with Gasteiger partial charge in [-0.25, -0.2) is 9.89 Å². The van der Waals surface area contributed by atoms with Crippen LogP contribution in [0.25, 0.3) is 0 Å². The molecule has 0 fully saturated rings. The molecule has 15 heavy (non-hydrogen) atoms. The minimum Gasteiger partial charge on any atom is -0.272 e. The summed E-state index contributed by atoms with van der Waals surface area (Å²) in [5.74, 6) is 1.23. The summed E-state index contributed by atoms with van der Waals surface area (Å²) in [6.07, 6.45) is 6.79. The van der Waals surface area contributed by atoms with Gasteiger partial charge in [0.25, 0.3) is 0 Å². The molecule has 0 spiro atoms. The fraction of sp³-hybridized carbons (Fsp3) is 0.778. The lowest BCUT2D eigenvalue weighted by molar-refractivity contribution is 0.568. The summed E-state index contributed by atoms with van der Waals surface area (Å²) in [4.78, 5) is 11.2. The van der Waals surface area contributed by atoms with Crippen LogP contribution in [-0.4, -0.2) is 26.8 Å². The minimum absolute atomic E-state index is 0.135. The van der Waals surface area contributed by atoms with Crippen LogP contribution in [0.5, 0.6) is 0 Å². The van der Waals surface area contributed by atoms with E-state index in [9.17, 15) is 4.79 Å². The first-order valence-corrected chi connectivity index (χ1v) is 6.92. The zero-order valence-corrected chi connectivity index (χ0v) is 10.5. The van der Waals surface area contributed by atoms with E-state index < -0.39 is 0 Å². The summed E-state index contributed by atoms with van der Waals surface area (Å²) < 4.78 is 2.06. The molecule has 0 aliphatic rings. The number of nitrogens with one attached hydrogen (secondary N) is 2. The van der Waals surface area contributed by atoms with Crippen LogP contribution in [0.1, 0.15) is 25.7 Å². The second-order valence-corrected chi connectivity index (χ2v) is 4.79. The Morgan fingerprint density at radius 1 is 1.27 bits per heavy atom. The van der Waals surface area contributed by atoms with Gasteiger partial charge in [0.05, 0.1) is 0 Å². The van der Waals surface area contributed by atoms with Crippen LogP contribution >= 0.6 is 24.0 Å². The van der Waals surface area contributed by atoms with Gasteiger partial charge in [0.15, 0.2) is 4.77 Å². The van der Waals surface area contributed by atoms with Crippen LogP contribution < -0.4 is 5.69 Å². The summed E-state index contributed by atoms with van der Waals surface area (Å²) in [5, 5.41) is 5.11. The molecule has 1 aromatic rings. The predicted molar refractivity (Wildman–Crippen MR) is 67.1 cm³/mol. The lowest BCUT2D eigenvalue weighted by Gasteiger charge is -2.00. The predicted octanol–water partition coefficient (Wildman–Crippen LogP) is 2.16. The van der Waals surface area contributed by atoms with E-state index in [1.54, 1.807) is 4.57 Å². The monoisotopic (exact) mass is 247 g/mol. The number of rotatable bonds is 7. The van der Waals surface area contributed by atoms with Gasteiger partial charge in [-0.05, 0) is 37.1 Å². The number of hydrogen-bond acceptors (Lipinski definition) is 3. The summed E-state index contributed by atoms with van der Waals surface area (Å²) in [6.45, 7) is 0.719. The van der Waals surface area contributed by atoms with E-state index in [4.69, 9.17) is 12.2 Å². The van der Waals surface area contributed by atoms with Crippen molar-refractivity contribution in [2.45, 2.75) is 32.2 Å². The zero-order chi connectivity index (χ0) is 11.1. The molecule has 1 rings (SSSR count). The Labute approximate surface area is 98.5 Å². The minimum atomic E-state index is -0.135. The highest BCUT2D eigenvalue weighted by Gasteiger charge is 1.98. The number of unbranched alkanes of at least 4 members (excludes halogenated alkanes) is 3. The quantitative estimate of drug-likeness (QED) is 0.573. The lowest BCUT2D eigenvalue weighted by Crippen LogP contribution is -2.16. The van der Waals surface area contributed by atoms with Crippen molar-refractivity contribution in [3.63, 3.8) is 0 Å². The summed E-state index contributed by atoms with van der Waals surface area (Å²) in [6, 6.07) is 0. The maximum Gasteiger partial charge on any atom is 0.342 e. The van der Waals surface area contributed by atoms with Gasteiger partial charge < -0.3 is 0 Å². The van der Waals surface area contributed by atoms with E-state index in [1.807, 2.05) is 11.8 Å². The van der Waals surface area contributed by atoms with E-state index >= 15 is 0 Å². The fourth-order valence-electron chi connectivity index (χ4n) is 1.41. The fourth-order valence-corrected chi connectivity index (χ4v) is 2.13. The summed E-state index contributed by atoms with van der Waals surface area (Å²) >= 11 is 6.85. The van der Waals surface area contributed by atoms with Gasteiger partial charge in [-0.1, -0.05) is 12.8 Å². The highest BCUT2D eigenvalue weighted by molar-refractivity contribution is 7.98.